The van der Waals surface area contributed by atoms with E-state index in [1.165, 1.54) is 23.5 Å². The molecule has 0 unspecified atom stereocenters. The number of thiazole rings is 1. The highest BCUT2D eigenvalue weighted by Gasteiger charge is 2.13. The number of carbonyl (C=O) groups excluding carboxylic acids is 1. The number of anilines is 1. The largest absolute Gasteiger partial charge is 0.298 e. The third-order valence-corrected chi connectivity index (χ3v) is 4.46. The van der Waals surface area contributed by atoms with Gasteiger partial charge in [-0.05, 0) is 49.2 Å². The fourth-order valence-electron chi connectivity index (χ4n) is 2.20. The molecule has 0 spiro atoms. The fraction of sp³-hybridized carbons (Fsp3) is 0.111. The molecule has 3 rings (SSSR count). The summed E-state index contributed by atoms with van der Waals surface area (Å²) in [6.07, 6.45) is 0. The first-order chi connectivity index (χ1) is 11.4. The average Bonchev–Trinajstić information content (AvgIpc) is 2.98. The molecule has 0 aliphatic heterocycles. The molecule has 122 valence electrons. The molecule has 6 heteroatoms. The first-order valence-corrected chi connectivity index (χ1v) is 8.11. The molecule has 0 saturated carbocycles. The van der Waals surface area contributed by atoms with E-state index in [1.54, 1.807) is 17.5 Å². The van der Waals surface area contributed by atoms with Crippen LogP contribution in [0.25, 0.3) is 11.3 Å². The maximum absolute atomic E-state index is 13.8. The summed E-state index contributed by atoms with van der Waals surface area (Å²) in [5.74, 6) is -1.61. The van der Waals surface area contributed by atoms with Gasteiger partial charge in [-0.1, -0.05) is 6.07 Å². The van der Waals surface area contributed by atoms with E-state index >= 15 is 0 Å². The van der Waals surface area contributed by atoms with Gasteiger partial charge in [0.15, 0.2) is 5.13 Å². The molecule has 1 amide bonds. The summed E-state index contributed by atoms with van der Waals surface area (Å²) in [6, 6.07) is 8.73. The molecule has 0 atom stereocenters. The number of benzene rings is 2. The van der Waals surface area contributed by atoms with Gasteiger partial charge >= 0.3 is 0 Å². The molecule has 24 heavy (non-hydrogen) atoms. The van der Waals surface area contributed by atoms with Gasteiger partial charge in [0, 0.05) is 22.6 Å². The fourth-order valence-corrected chi connectivity index (χ4v) is 2.91. The Bertz CT molecular complexity index is 921. The summed E-state index contributed by atoms with van der Waals surface area (Å²) < 4.78 is 26.8. The van der Waals surface area contributed by atoms with Crippen LogP contribution in [0.15, 0.2) is 41.8 Å². The van der Waals surface area contributed by atoms with Gasteiger partial charge < -0.3 is 0 Å². The molecule has 1 aromatic heterocycles. The highest BCUT2D eigenvalue weighted by molar-refractivity contribution is 7.14. The Morgan fingerprint density at radius 2 is 1.88 bits per heavy atom. The maximum atomic E-state index is 13.8. The van der Waals surface area contributed by atoms with Crippen LogP contribution < -0.4 is 5.32 Å². The number of carbonyl (C=O) groups is 1. The van der Waals surface area contributed by atoms with Gasteiger partial charge in [0.05, 0.1) is 5.69 Å². The van der Waals surface area contributed by atoms with Crippen LogP contribution in [0.1, 0.15) is 21.5 Å². The van der Waals surface area contributed by atoms with Crippen LogP contribution in [-0.2, 0) is 0 Å². The molecule has 1 N–H and O–H groups in total. The predicted octanol–water partition coefficient (Wildman–Crippen LogP) is 4.96. The van der Waals surface area contributed by atoms with Crippen molar-refractivity contribution in [3.63, 3.8) is 0 Å². The second-order valence-electron chi connectivity index (χ2n) is 5.42. The number of rotatable bonds is 3. The standard InChI is InChI=1S/C18H14F2N2OS/c1-10-3-4-12(7-11(10)2)17(23)22-18-21-16(9-24-18)14-6-5-13(19)8-15(14)20/h3-9H,1-2H3,(H,21,22,23). The molecular formula is C18H14F2N2OS. The minimum atomic E-state index is -0.688. The van der Waals surface area contributed by atoms with Crippen molar-refractivity contribution in [2.24, 2.45) is 0 Å². The van der Waals surface area contributed by atoms with Crippen LogP contribution in [-0.4, -0.2) is 10.9 Å². The second kappa shape index (κ2) is 6.49. The summed E-state index contributed by atoms with van der Waals surface area (Å²) in [4.78, 5) is 16.5. The van der Waals surface area contributed by atoms with Crippen molar-refractivity contribution in [2.75, 3.05) is 5.32 Å². The van der Waals surface area contributed by atoms with Crippen molar-refractivity contribution in [2.45, 2.75) is 13.8 Å². The lowest BCUT2D eigenvalue weighted by molar-refractivity contribution is 0.102. The second-order valence-corrected chi connectivity index (χ2v) is 6.27. The van der Waals surface area contributed by atoms with E-state index in [4.69, 9.17) is 0 Å². The van der Waals surface area contributed by atoms with Crippen molar-refractivity contribution in [3.05, 3.63) is 70.1 Å². The molecule has 3 nitrogen and oxygen atoms in total. The van der Waals surface area contributed by atoms with Crippen molar-refractivity contribution < 1.29 is 13.6 Å². The van der Waals surface area contributed by atoms with E-state index in [9.17, 15) is 13.6 Å². The lowest BCUT2D eigenvalue weighted by Gasteiger charge is -2.05. The molecule has 2 aromatic carbocycles. The van der Waals surface area contributed by atoms with Crippen LogP contribution in [0, 0.1) is 25.5 Å². The van der Waals surface area contributed by atoms with E-state index in [0.29, 0.717) is 16.4 Å². The average molecular weight is 344 g/mol. The Kier molecular flexibility index (Phi) is 4.40. The molecule has 1 heterocycles. The summed E-state index contributed by atoms with van der Waals surface area (Å²) in [6.45, 7) is 3.91. The van der Waals surface area contributed by atoms with Crippen molar-refractivity contribution in [1.29, 1.82) is 0 Å². The summed E-state index contributed by atoms with van der Waals surface area (Å²) in [7, 11) is 0. The summed E-state index contributed by atoms with van der Waals surface area (Å²) >= 11 is 1.18. The Morgan fingerprint density at radius 1 is 1.08 bits per heavy atom. The van der Waals surface area contributed by atoms with Crippen LogP contribution >= 0.6 is 11.3 Å². The quantitative estimate of drug-likeness (QED) is 0.730. The van der Waals surface area contributed by atoms with Gasteiger partial charge in [0.1, 0.15) is 11.6 Å². The highest BCUT2D eigenvalue weighted by atomic mass is 32.1. The number of hydrogen-bond acceptors (Lipinski definition) is 3. The van der Waals surface area contributed by atoms with Gasteiger partial charge in [-0.3, -0.25) is 10.1 Å². The zero-order valence-corrected chi connectivity index (χ0v) is 13.9. The minimum Gasteiger partial charge on any atom is -0.298 e. The Morgan fingerprint density at radius 3 is 2.58 bits per heavy atom. The lowest BCUT2D eigenvalue weighted by Crippen LogP contribution is -2.12. The van der Waals surface area contributed by atoms with Crippen LogP contribution in [0.5, 0.6) is 0 Å². The zero-order valence-electron chi connectivity index (χ0n) is 13.1. The SMILES string of the molecule is Cc1ccc(C(=O)Nc2nc(-c3ccc(F)cc3F)cs2)cc1C. The zero-order chi connectivity index (χ0) is 17.3. The van der Waals surface area contributed by atoms with Gasteiger partial charge in [-0.2, -0.15) is 0 Å². The Hall–Kier alpha value is -2.60. The smallest absolute Gasteiger partial charge is 0.257 e. The van der Waals surface area contributed by atoms with Gasteiger partial charge in [-0.25, -0.2) is 13.8 Å². The van der Waals surface area contributed by atoms with Crippen LogP contribution in [0.4, 0.5) is 13.9 Å². The summed E-state index contributed by atoms with van der Waals surface area (Å²) in [5.41, 5.74) is 3.21. The first-order valence-electron chi connectivity index (χ1n) is 7.23. The monoisotopic (exact) mass is 344 g/mol. The Balaban J connectivity index is 1.80. The van der Waals surface area contributed by atoms with E-state index in [2.05, 4.69) is 10.3 Å². The maximum Gasteiger partial charge on any atom is 0.257 e. The number of halogens is 2. The third-order valence-electron chi connectivity index (χ3n) is 3.70. The number of hydrogen-bond donors (Lipinski definition) is 1. The number of aryl methyl sites for hydroxylation is 2. The predicted molar refractivity (Wildman–Crippen MR) is 91.3 cm³/mol. The van der Waals surface area contributed by atoms with E-state index in [-0.39, 0.29) is 11.5 Å². The van der Waals surface area contributed by atoms with Crippen molar-refractivity contribution in [1.82, 2.24) is 4.98 Å². The van der Waals surface area contributed by atoms with E-state index in [0.717, 1.165) is 17.2 Å². The molecule has 3 aromatic rings. The number of nitrogens with one attached hydrogen (secondary N) is 1. The summed E-state index contributed by atoms with van der Waals surface area (Å²) in [5, 5.41) is 4.67. The number of aromatic nitrogens is 1. The lowest BCUT2D eigenvalue weighted by atomic mass is 10.1. The molecule has 0 saturated heterocycles. The number of nitrogens with zero attached hydrogens (tertiary/aromatic N) is 1. The highest BCUT2D eigenvalue weighted by Crippen LogP contribution is 2.27. The molecule has 0 aliphatic carbocycles. The minimum absolute atomic E-state index is 0.194. The topological polar surface area (TPSA) is 42.0 Å². The van der Waals surface area contributed by atoms with Crippen LogP contribution in [0.2, 0.25) is 0 Å². The number of amides is 1. The first kappa shape index (κ1) is 16.3. The van der Waals surface area contributed by atoms with Gasteiger partial charge in [0.2, 0.25) is 0 Å². The van der Waals surface area contributed by atoms with E-state index in [1.807, 2.05) is 19.9 Å². The van der Waals surface area contributed by atoms with Gasteiger partial charge in [-0.15, -0.1) is 11.3 Å². The normalized spacial score (nSPS) is 10.7. The molecule has 0 fully saturated rings. The molecule has 0 bridgehead atoms. The molecular weight excluding hydrogens is 330 g/mol. The van der Waals surface area contributed by atoms with Gasteiger partial charge in [0.25, 0.3) is 5.91 Å². The molecule has 0 radical (unpaired) electrons. The van der Waals surface area contributed by atoms with Crippen molar-refractivity contribution >= 4 is 22.4 Å². The third kappa shape index (κ3) is 3.33. The van der Waals surface area contributed by atoms with E-state index < -0.39 is 11.6 Å². The van der Waals surface area contributed by atoms with Crippen molar-refractivity contribution in [3.8, 4) is 11.3 Å². The molecule has 0 aliphatic rings. The van der Waals surface area contributed by atoms with Crippen LogP contribution in [0.3, 0.4) is 0 Å². The Labute approximate surface area is 142 Å².